The zero-order chi connectivity index (χ0) is 22.9. The number of nitrogens with two attached hydrogens (primary N) is 1. The van der Waals surface area contributed by atoms with Gasteiger partial charge in [0, 0.05) is 18.1 Å². The average molecular weight is 445 g/mol. The highest BCUT2D eigenvalue weighted by molar-refractivity contribution is 7.94. The number of carboxylic acid groups (broad SMARTS) is 1. The third-order valence-electron chi connectivity index (χ3n) is 4.55. The van der Waals surface area contributed by atoms with Gasteiger partial charge in [0.15, 0.2) is 11.3 Å². The number of benzene rings is 2. The van der Waals surface area contributed by atoms with Crippen LogP contribution >= 0.6 is 12.0 Å². The molecular weight excluding hydrogens is 420 g/mol. The number of hydrogen-bond donors (Lipinski definition) is 2. The molecule has 0 bridgehead atoms. The maximum Gasteiger partial charge on any atom is 0.331 e. The number of rotatable bonds is 12. The van der Waals surface area contributed by atoms with Gasteiger partial charge in [0.1, 0.15) is 4.90 Å². The number of aliphatic carboxylic acids is 1. The van der Waals surface area contributed by atoms with E-state index in [1.807, 2.05) is 30.3 Å². The van der Waals surface area contributed by atoms with E-state index >= 15 is 0 Å². The lowest BCUT2D eigenvalue weighted by atomic mass is 9.89. The predicted octanol–water partition coefficient (Wildman–Crippen LogP) is 3.86. The van der Waals surface area contributed by atoms with Crippen molar-refractivity contribution < 1.29 is 23.8 Å². The highest BCUT2D eigenvalue weighted by Crippen LogP contribution is 2.31. The minimum absolute atomic E-state index is 0.0724. The first-order valence-corrected chi connectivity index (χ1v) is 10.3. The van der Waals surface area contributed by atoms with Gasteiger partial charge in [-0.1, -0.05) is 42.5 Å². The highest BCUT2D eigenvalue weighted by Gasteiger charge is 2.39. The molecule has 0 aliphatic rings. The van der Waals surface area contributed by atoms with E-state index in [9.17, 15) is 24.8 Å². The zero-order valence-corrected chi connectivity index (χ0v) is 17.8. The molecule has 3 N–H and O–H groups in total. The Morgan fingerprint density at radius 1 is 1.26 bits per heavy atom. The van der Waals surface area contributed by atoms with Crippen molar-refractivity contribution in [3.8, 4) is 0 Å². The minimum atomic E-state index is -2.06. The Labute approximate surface area is 184 Å². The Balaban J connectivity index is 1.89. The summed E-state index contributed by atoms with van der Waals surface area (Å²) in [5.74, 6) is -2.11. The predicted molar refractivity (Wildman–Crippen MR) is 118 cm³/mol. The molecule has 0 aliphatic heterocycles. The number of carboxylic acids is 1. The summed E-state index contributed by atoms with van der Waals surface area (Å²) in [6.45, 7) is 1.88. The van der Waals surface area contributed by atoms with Gasteiger partial charge in [0.05, 0.1) is 11.5 Å². The van der Waals surface area contributed by atoms with Crippen LogP contribution in [0.5, 0.6) is 0 Å². The van der Waals surface area contributed by atoms with Gasteiger partial charge in [0.25, 0.3) is 5.69 Å². The van der Waals surface area contributed by atoms with Crippen LogP contribution in [0.15, 0.2) is 65.6 Å². The highest BCUT2D eigenvalue weighted by atomic mass is 32.2. The van der Waals surface area contributed by atoms with Gasteiger partial charge in [-0.3, -0.25) is 14.9 Å². The number of allylic oxidation sites excluding steroid dienone is 1. The molecule has 0 radical (unpaired) electrons. The topological polar surface area (TPSA) is 133 Å². The van der Waals surface area contributed by atoms with Crippen LogP contribution < -0.4 is 5.73 Å². The number of carbonyl (C=O) groups is 2. The molecule has 0 saturated heterocycles. The lowest BCUT2D eigenvalue weighted by Crippen LogP contribution is -2.54. The van der Waals surface area contributed by atoms with Crippen LogP contribution in [0.2, 0.25) is 0 Å². The number of nitro benzene ring substituents is 1. The first kappa shape index (κ1) is 24.3. The van der Waals surface area contributed by atoms with E-state index in [2.05, 4.69) is 0 Å². The second-order valence-corrected chi connectivity index (χ2v) is 7.81. The fraction of sp³-hybridized carbons (Fsp3) is 0.273. The molecule has 164 valence electrons. The van der Waals surface area contributed by atoms with Crippen molar-refractivity contribution in [2.45, 2.75) is 36.6 Å². The summed E-state index contributed by atoms with van der Waals surface area (Å²) in [6.07, 6.45) is 3.33. The first-order valence-electron chi connectivity index (χ1n) is 9.55. The van der Waals surface area contributed by atoms with E-state index in [4.69, 9.17) is 9.92 Å². The van der Waals surface area contributed by atoms with Crippen LogP contribution in [0, 0.1) is 17.0 Å². The van der Waals surface area contributed by atoms with Gasteiger partial charge in [-0.15, -0.1) is 0 Å². The number of hydrogen-bond acceptors (Lipinski definition) is 7. The second kappa shape index (κ2) is 11.4. The van der Waals surface area contributed by atoms with Gasteiger partial charge in [-0.25, -0.2) is 4.79 Å². The summed E-state index contributed by atoms with van der Waals surface area (Å²) in [5.41, 5.74) is 5.58. The molecule has 0 aromatic heterocycles. The van der Waals surface area contributed by atoms with Gasteiger partial charge < -0.3 is 15.0 Å². The molecule has 0 heterocycles. The zero-order valence-electron chi connectivity index (χ0n) is 17.0. The van der Waals surface area contributed by atoms with Crippen LogP contribution in [0.4, 0.5) is 5.69 Å². The maximum absolute atomic E-state index is 12.4. The van der Waals surface area contributed by atoms with Crippen LogP contribution in [-0.2, 0) is 20.2 Å². The smallest absolute Gasteiger partial charge is 0.331 e. The van der Waals surface area contributed by atoms with Crippen molar-refractivity contribution in [1.29, 1.82) is 0 Å². The van der Waals surface area contributed by atoms with Crippen molar-refractivity contribution in [2.24, 2.45) is 5.73 Å². The Bertz CT molecular complexity index is 964. The number of nitro groups is 1. The summed E-state index contributed by atoms with van der Waals surface area (Å²) in [6, 6.07) is 14.1. The molecule has 0 amide bonds. The molecule has 2 aromatic carbocycles. The molecule has 2 aromatic rings. The molecule has 31 heavy (non-hydrogen) atoms. The van der Waals surface area contributed by atoms with E-state index < -0.39 is 22.2 Å². The molecule has 0 aliphatic carbocycles. The fourth-order valence-corrected chi connectivity index (χ4v) is 3.54. The fourth-order valence-electron chi connectivity index (χ4n) is 2.75. The monoisotopic (exact) mass is 444 g/mol. The third-order valence-corrected chi connectivity index (χ3v) is 5.34. The van der Waals surface area contributed by atoms with Crippen molar-refractivity contribution in [1.82, 2.24) is 0 Å². The summed E-state index contributed by atoms with van der Waals surface area (Å²) < 4.78 is 5.39. The standard InChI is InChI=1S/C22H24N2O6S/c1-16-11-12-18(24(28)29)19(15-16)31-30-14-6-13-22(23,21(26)27)20(25)10-5-9-17-7-3-2-4-8-17/h2-5,7-8,10-12,15H,6,9,13-14,23H2,1H3,(H,26,27)/t22-/m0/s1. The maximum atomic E-state index is 12.4. The second-order valence-electron chi connectivity index (χ2n) is 6.97. The summed E-state index contributed by atoms with van der Waals surface area (Å²) in [4.78, 5) is 35.0. The Morgan fingerprint density at radius 3 is 2.61 bits per heavy atom. The molecule has 2 rings (SSSR count). The number of carbonyl (C=O) groups excluding carboxylic acids is 1. The third kappa shape index (κ3) is 7.02. The van der Waals surface area contributed by atoms with Gasteiger partial charge in [-0.2, -0.15) is 0 Å². The molecule has 9 heteroatoms. The quantitative estimate of drug-likeness (QED) is 0.126. The van der Waals surface area contributed by atoms with Crippen LogP contribution in [0.3, 0.4) is 0 Å². The lowest BCUT2D eigenvalue weighted by molar-refractivity contribution is -0.387. The van der Waals surface area contributed by atoms with E-state index in [1.54, 1.807) is 25.1 Å². The van der Waals surface area contributed by atoms with Gasteiger partial charge in [-0.05, 0) is 49.5 Å². The lowest BCUT2D eigenvalue weighted by Gasteiger charge is -2.21. The van der Waals surface area contributed by atoms with Gasteiger partial charge in [0.2, 0.25) is 0 Å². The first-order chi connectivity index (χ1) is 14.7. The van der Waals surface area contributed by atoms with Crippen LogP contribution in [0.25, 0.3) is 0 Å². The average Bonchev–Trinajstić information content (AvgIpc) is 2.73. The van der Waals surface area contributed by atoms with Crippen LogP contribution in [0.1, 0.15) is 24.0 Å². The van der Waals surface area contributed by atoms with Gasteiger partial charge >= 0.3 is 5.97 Å². The summed E-state index contributed by atoms with van der Waals surface area (Å²) in [7, 11) is 0. The minimum Gasteiger partial charge on any atom is -0.480 e. The van der Waals surface area contributed by atoms with Crippen molar-refractivity contribution in [3.05, 3.63) is 81.9 Å². The molecular formula is C22H24N2O6S. The molecule has 0 saturated carbocycles. The molecule has 8 nitrogen and oxygen atoms in total. The van der Waals surface area contributed by atoms with Crippen molar-refractivity contribution >= 4 is 29.5 Å². The SMILES string of the molecule is Cc1ccc([N+](=O)[O-])c(SOCCC[C@@](N)(C(=O)O)C(=O)C=CCc2ccccc2)c1. The number of nitrogens with zero attached hydrogens (tertiary/aromatic N) is 1. The molecule has 1 atom stereocenters. The Hall–Kier alpha value is -3.01. The normalized spacial score (nSPS) is 13.1. The molecule has 0 spiro atoms. The summed E-state index contributed by atoms with van der Waals surface area (Å²) >= 11 is 0.840. The molecule has 0 unspecified atom stereocenters. The largest absolute Gasteiger partial charge is 0.480 e. The molecule has 0 fully saturated rings. The number of aryl methyl sites for hydroxylation is 1. The van der Waals surface area contributed by atoms with Crippen molar-refractivity contribution in [3.63, 3.8) is 0 Å². The number of ketones is 1. The van der Waals surface area contributed by atoms with E-state index in [-0.39, 0.29) is 25.1 Å². The van der Waals surface area contributed by atoms with E-state index in [0.717, 1.165) is 23.2 Å². The van der Waals surface area contributed by atoms with E-state index in [1.165, 1.54) is 12.1 Å². The summed E-state index contributed by atoms with van der Waals surface area (Å²) in [5, 5.41) is 20.6. The van der Waals surface area contributed by atoms with E-state index in [0.29, 0.717) is 11.3 Å². The van der Waals surface area contributed by atoms with Crippen LogP contribution in [-0.4, -0.2) is 33.9 Å². The Kier molecular flexibility index (Phi) is 8.92. The van der Waals surface area contributed by atoms with Crippen molar-refractivity contribution in [2.75, 3.05) is 6.61 Å². The Morgan fingerprint density at radius 2 is 1.97 bits per heavy atom.